The summed E-state index contributed by atoms with van der Waals surface area (Å²) in [4.78, 5) is 0. The van der Waals surface area contributed by atoms with Crippen LogP contribution in [0.25, 0.3) is 0 Å². The molecule has 2 heterocycles. The summed E-state index contributed by atoms with van der Waals surface area (Å²) in [6.45, 7) is 63.8. The van der Waals surface area contributed by atoms with Crippen molar-refractivity contribution in [3.05, 3.63) is 231 Å². The molecule has 0 amide bonds. The maximum Gasteiger partial charge on any atom is 0.126 e. The van der Waals surface area contributed by atoms with E-state index in [0.717, 1.165) is 159 Å². The SMILES string of the molecule is CCCOc1c2cc(C(C)(C)C)cc1Cc1cc(C(C)(C)C)cc3c1OCCOCCOCCOc1c4cc(C(C)(C)C)cc1Cc1cc(C(C)(C)C)cc(c1OCCOCCOCCOc1c(cc(C(C)(C)C)cc1Cc1cc(C(C)(C)C)cc(c1OCCC)C3)C2)Cc1cc(C(C)(C)C)cc(c1O)Cc1cc(C(C)(C)C)cc(c1O)C4. The highest BCUT2D eigenvalue weighted by Gasteiger charge is 2.34. The molecule has 0 fully saturated rings. The Kier molecular flexibility index (Phi) is 28.3. The largest absolute Gasteiger partial charge is 0.507 e. The Balaban J connectivity index is 1.05. The molecule has 4 aliphatic rings. The minimum atomic E-state index is -0.270. The van der Waals surface area contributed by atoms with Gasteiger partial charge in [0, 0.05) is 51.4 Å². The number of benzene rings is 8. The van der Waals surface area contributed by atoms with E-state index in [2.05, 4.69) is 277 Å². The van der Waals surface area contributed by atoms with E-state index in [1.54, 1.807) is 0 Å². The Labute approximate surface area is 710 Å². The molecule has 0 radical (unpaired) electrons. The van der Waals surface area contributed by atoms with E-state index in [0.29, 0.717) is 131 Å². The van der Waals surface area contributed by atoms with Gasteiger partial charge in [0.2, 0.25) is 0 Å². The summed E-state index contributed by atoms with van der Waals surface area (Å²) in [5.74, 6) is 5.45. The second-order valence-corrected chi connectivity index (χ2v) is 42.0. The highest BCUT2D eigenvalue weighted by molar-refractivity contribution is 5.63. The fourth-order valence-electron chi connectivity index (χ4n) is 16.2. The van der Waals surface area contributed by atoms with Gasteiger partial charge in [-0.25, -0.2) is 0 Å². The van der Waals surface area contributed by atoms with Crippen LogP contribution in [0.1, 0.15) is 326 Å². The average molecular weight is 1610 g/mol. The summed E-state index contributed by atoms with van der Waals surface area (Å²) in [6.07, 6.45) is 5.44. The van der Waals surface area contributed by atoms with Crippen molar-refractivity contribution in [3.8, 4) is 46.0 Å². The first-order chi connectivity index (χ1) is 55.3. The van der Waals surface area contributed by atoms with E-state index in [4.69, 9.17) is 47.4 Å². The van der Waals surface area contributed by atoms with Crippen LogP contribution in [0, 0.1) is 0 Å². The molecule has 20 bridgehead atoms. The van der Waals surface area contributed by atoms with Gasteiger partial charge < -0.3 is 57.6 Å². The summed E-state index contributed by atoms with van der Waals surface area (Å²) >= 11 is 0. The topological polar surface area (TPSA) is 133 Å². The molecule has 2 N–H and O–H groups in total. The molecule has 0 unspecified atom stereocenters. The zero-order valence-corrected chi connectivity index (χ0v) is 77.2. The Morgan fingerprint density at radius 1 is 0.220 bits per heavy atom. The Hall–Kier alpha value is -8.00. The maximum atomic E-state index is 12.9. The maximum absolute atomic E-state index is 12.9. The number of fused-ring (bicyclic) bond motifs is 22. The second-order valence-electron chi connectivity index (χ2n) is 42.0. The van der Waals surface area contributed by atoms with Crippen molar-refractivity contribution in [2.45, 2.75) is 288 Å². The summed E-state index contributed by atoms with van der Waals surface area (Å²) < 4.78 is 69.7. The molecule has 0 aromatic heterocycles. The smallest absolute Gasteiger partial charge is 0.126 e. The first-order valence-electron chi connectivity index (χ1n) is 44.0. The van der Waals surface area contributed by atoms with E-state index in [1.807, 2.05) is 0 Å². The van der Waals surface area contributed by atoms with Gasteiger partial charge in [0.25, 0.3) is 0 Å². The van der Waals surface area contributed by atoms with Crippen molar-refractivity contribution in [2.24, 2.45) is 0 Å². The molecule has 118 heavy (non-hydrogen) atoms. The number of phenolic OH excluding ortho intramolecular Hbond substituents is 2. The first kappa shape index (κ1) is 90.8. The molecule has 2 aliphatic heterocycles. The fourth-order valence-corrected chi connectivity index (χ4v) is 16.2. The second kappa shape index (κ2) is 36.7. The van der Waals surface area contributed by atoms with Gasteiger partial charge in [0.05, 0.1) is 66.1 Å². The van der Waals surface area contributed by atoms with E-state index in [-0.39, 0.29) is 68.0 Å². The number of phenols is 2. The van der Waals surface area contributed by atoms with Crippen molar-refractivity contribution in [1.82, 2.24) is 0 Å². The van der Waals surface area contributed by atoms with Crippen molar-refractivity contribution < 1.29 is 57.6 Å². The quantitative estimate of drug-likeness (QED) is 0.154. The molecule has 0 saturated heterocycles. The van der Waals surface area contributed by atoms with E-state index in [1.165, 1.54) is 22.3 Å². The zero-order valence-electron chi connectivity index (χ0n) is 77.2. The van der Waals surface area contributed by atoms with Crippen LogP contribution in [0.2, 0.25) is 0 Å². The minimum absolute atomic E-state index is 0.212. The van der Waals surface area contributed by atoms with Crippen molar-refractivity contribution in [1.29, 1.82) is 0 Å². The molecule has 12 nitrogen and oxygen atoms in total. The molecular weight excluding hydrogens is 1470 g/mol. The van der Waals surface area contributed by atoms with E-state index >= 15 is 0 Å². The summed E-state index contributed by atoms with van der Waals surface area (Å²) in [5.41, 5.74) is 23.3. The van der Waals surface area contributed by atoms with Gasteiger partial charge in [-0.15, -0.1) is 0 Å². The van der Waals surface area contributed by atoms with E-state index < -0.39 is 0 Å². The summed E-state index contributed by atoms with van der Waals surface area (Å²) in [6, 6.07) is 37.0. The van der Waals surface area contributed by atoms with E-state index in [9.17, 15) is 10.2 Å². The highest BCUT2D eigenvalue weighted by atomic mass is 16.6. The lowest BCUT2D eigenvalue weighted by Gasteiger charge is -2.29. The number of ether oxygens (including phenoxy) is 10. The third-order valence-electron chi connectivity index (χ3n) is 23.5. The lowest BCUT2D eigenvalue weighted by molar-refractivity contribution is 0.0269. The Morgan fingerprint density at radius 3 is 0.542 bits per heavy atom. The molecule has 0 spiro atoms. The predicted molar refractivity (Wildman–Crippen MR) is 484 cm³/mol. The number of hydrogen-bond acceptors (Lipinski definition) is 12. The highest BCUT2D eigenvalue weighted by Crippen LogP contribution is 2.48. The van der Waals surface area contributed by atoms with Gasteiger partial charge in [0.1, 0.15) is 72.4 Å². The number of rotatable bonds is 6. The van der Waals surface area contributed by atoms with Gasteiger partial charge in [-0.1, -0.05) is 277 Å². The van der Waals surface area contributed by atoms with Gasteiger partial charge in [0.15, 0.2) is 0 Å². The van der Waals surface area contributed by atoms with Gasteiger partial charge in [-0.3, -0.25) is 0 Å². The van der Waals surface area contributed by atoms with Crippen LogP contribution in [0.5, 0.6) is 46.0 Å². The molecule has 2 aliphatic carbocycles. The average Bonchev–Trinajstić information content (AvgIpc) is 0.762. The molecule has 0 saturated carbocycles. The van der Waals surface area contributed by atoms with Gasteiger partial charge in [-0.05, 0) is 190 Å². The molecule has 12 rings (SSSR count). The fraction of sp³-hybridized carbons (Fsp3) is 0.547. The first-order valence-corrected chi connectivity index (χ1v) is 44.0. The predicted octanol–water partition coefficient (Wildman–Crippen LogP) is 23.7. The van der Waals surface area contributed by atoms with Gasteiger partial charge >= 0.3 is 0 Å². The third-order valence-corrected chi connectivity index (χ3v) is 23.5. The molecule has 0 atom stereocenters. The van der Waals surface area contributed by atoms with Crippen LogP contribution in [0.3, 0.4) is 0 Å². The Morgan fingerprint density at radius 2 is 0.364 bits per heavy atom. The molecule has 8 aromatic carbocycles. The lowest BCUT2D eigenvalue weighted by Crippen LogP contribution is -2.19. The van der Waals surface area contributed by atoms with Crippen LogP contribution < -0.4 is 28.4 Å². The van der Waals surface area contributed by atoms with Crippen LogP contribution in [-0.4, -0.2) is 103 Å². The standard InChI is InChI=1S/C106H144O12/c1-27-29-113-93-73-46-79-63-89(105(21,22)23)65-81-48-75-59-88(104(18,19)20)60-76(94(75)114-30-28-2)49-82-66-90(106(24,25)26)64-80(47-74(93)58-87(57-73)103(15,16)17)98(82)118-42-38-112-34-32-110-36-40-116-96-72-45-70-54-84(100(6,7)8)52-68(92(70)108)43-67-51-83(99(3,4)5)53-69(91(67)107)44-71-55-85(101(9,10)11)61-77(50-78(96)62-86(56-72)102(12,13)14)95(71)115-39-35-109-31-33-111-37-41-117-97(79)81/h51-66,107-108H,27-50H2,1-26H3. The van der Waals surface area contributed by atoms with Crippen molar-refractivity contribution in [2.75, 3.05) is 92.5 Å². The molecule has 12 heteroatoms. The Bertz CT molecular complexity index is 4440. The summed E-state index contributed by atoms with van der Waals surface area (Å²) in [7, 11) is 0. The number of hydrogen-bond donors (Lipinski definition) is 2. The van der Waals surface area contributed by atoms with Crippen LogP contribution in [0.4, 0.5) is 0 Å². The summed E-state index contributed by atoms with van der Waals surface area (Å²) in [5, 5.41) is 25.7. The van der Waals surface area contributed by atoms with Crippen molar-refractivity contribution >= 4 is 0 Å². The van der Waals surface area contributed by atoms with Crippen LogP contribution >= 0.6 is 0 Å². The van der Waals surface area contributed by atoms with Crippen LogP contribution in [-0.2, 0) is 114 Å². The lowest BCUT2D eigenvalue weighted by atomic mass is 9.79. The minimum Gasteiger partial charge on any atom is -0.507 e. The molecular formula is C106H144O12. The molecule has 8 aromatic rings. The van der Waals surface area contributed by atoms with Crippen LogP contribution in [0.15, 0.2) is 97.1 Å². The zero-order chi connectivity index (χ0) is 85.8. The normalized spacial score (nSPS) is 15.9. The third kappa shape index (κ3) is 22.6. The van der Waals surface area contributed by atoms with Crippen molar-refractivity contribution in [3.63, 3.8) is 0 Å². The number of aromatic hydroxyl groups is 2. The molecule has 640 valence electrons. The van der Waals surface area contributed by atoms with Gasteiger partial charge in [-0.2, -0.15) is 0 Å². The monoisotopic (exact) mass is 1610 g/mol.